The molecule has 2 N–H and O–H groups in total. The second-order valence-electron chi connectivity index (χ2n) is 3.89. The molecule has 0 aromatic carbocycles. The van der Waals surface area contributed by atoms with Crippen LogP contribution in [0.4, 0.5) is 0 Å². The van der Waals surface area contributed by atoms with Crippen LogP contribution in [0.5, 0.6) is 0 Å². The summed E-state index contributed by atoms with van der Waals surface area (Å²) in [6.07, 6.45) is 6.83. The largest absolute Gasteiger partial charge is 0.477 e. The van der Waals surface area contributed by atoms with Crippen LogP contribution in [0.15, 0.2) is 11.3 Å². The number of amides is 1. The van der Waals surface area contributed by atoms with E-state index in [0.717, 1.165) is 24.8 Å². The van der Waals surface area contributed by atoms with Crippen molar-refractivity contribution in [2.75, 3.05) is 0 Å². The highest BCUT2D eigenvalue weighted by Crippen LogP contribution is 2.13. The SMILES string of the molecule is CCCCCCC/C(C)=C(\NC=O)C(=O)O. The summed E-state index contributed by atoms with van der Waals surface area (Å²) in [5, 5.41) is 11.1. The fraction of sp³-hybridized carbons (Fsp3) is 0.667. The normalized spacial score (nSPS) is 11.9. The molecule has 4 nitrogen and oxygen atoms in total. The van der Waals surface area contributed by atoms with E-state index in [1.54, 1.807) is 6.92 Å². The molecule has 0 bridgehead atoms. The maximum absolute atomic E-state index is 10.8. The fourth-order valence-corrected chi connectivity index (χ4v) is 1.55. The van der Waals surface area contributed by atoms with Crippen molar-refractivity contribution in [3.8, 4) is 0 Å². The van der Waals surface area contributed by atoms with E-state index in [0.29, 0.717) is 6.41 Å². The van der Waals surface area contributed by atoms with Gasteiger partial charge in [0.1, 0.15) is 5.70 Å². The molecule has 1 amide bonds. The van der Waals surface area contributed by atoms with Gasteiger partial charge in [-0.2, -0.15) is 0 Å². The summed E-state index contributed by atoms with van der Waals surface area (Å²) < 4.78 is 0. The zero-order valence-corrected chi connectivity index (χ0v) is 10.1. The predicted molar refractivity (Wildman–Crippen MR) is 62.9 cm³/mol. The van der Waals surface area contributed by atoms with Gasteiger partial charge in [0.2, 0.25) is 6.41 Å². The third-order valence-corrected chi connectivity index (χ3v) is 2.50. The van der Waals surface area contributed by atoms with Crippen molar-refractivity contribution >= 4 is 12.4 Å². The number of rotatable bonds is 9. The molecular weight excluding hydrogens is 206 g/mol. The molecule has 0 aromatic rings. The first kappa shape index (κ1) is 14.7. The predicted octanol–water partition coefficient (Wildman–Crippen LogP) is 2.45. The van der Waals surface area contributed by atoms with Gasteiger partial charge in [-0.05, 0) is 25.3 Å². The summed E-state index contributed by atoms with van der Waals surface area (Å²) in [4.78, 5) is 21.0. The van der Waals surface area contributed by atoms with Crippen LogP contribution in [0.2, 0.25) is 0 Å². The number of hydrogen-bond acceptors (Lipinski definition) is 2. The van der Waals surface area contributed by atoms with Gasteiger partial charge in [-0.15, -0.1) is 0 Å². The van der Waals surface area contributed by atoms with E-state index in [1.165, 1.54) is 19.3 Å². The summed E-state index contributed by atoms with van der Waals surface area (Å²) in [5.41, 5.74) is 0.751. The summed E-state index contributed by atoms with van der Waals surface area (Å²) >= 11 is 0. The van der Waals surface area contributed by atoms with Crippen LogP contribution in [-0.2, 0) is 9.59 Å². The average Bonchev–Trinajstić information content (AvgIpc) is 2.24. The van der Waals surface area contributed by atoms with Gasteiger partial charge in [0, 0.05) is 0 Å². The first-order valence-electron chi connectivity index (χ1n) is 5.76. The average molecular weight is 227 g/mol. The van der Waals surface area contributed by atoms with E-state index < -0.39 is 5.97 Å². The Morgan fingerprint density at radius 2 is 1.88 bits per heavy atom. The number of carboxylic acids is 1. The summed E-state index contributed by atoms with van der Waals surface area (Å²) in [6.45, 7) is 3.90. The van der Waals surface area contributed by atoms with Gasteiger partial charge in [0.05, 0.1) is 0 Å². The van der Waals surface area contributed by atoms with Crippen LogP contribution < -0.4 is 5.32 Å². The minimum absolute atomic E-state index is 0.0190. The van der Waals surface area contributed by atoms with Gasteiger partial charge in [-0.3, -0.25) is 4.79 Å². The second-order valence-corrected chi connectivity index (χ2v) is 3.89. The molecule has 0 saturated carbocycles. The molecule has 0 spiro atoms. The molecule has 0 aliphatic carbocycles. The first-order chi connectivity index (χ1) is 7.63. The van der Waals surface area contributed by atoms with Crippen LogP contribution in [0.3, 0.4) is 0 Å². The van der Waals surface area contributed by atoms with Gasteiger partial charge >= 0.3 is 5.97 Å². The Balaban J connectivity index is 4.06. The van der Waals surface area contributed by atoms with Crippen molar-refractivity contribution in [1.82, 2.24) is 5.32 Å². The van der Waals surface area contributed by atoms with Crippen molar-refractivity contribution in [1.29, 1.82) is 0 Å². The van der Waals surface area contributed by atoms with E-state index >= 15 is 0 Å². The molecule has 0 saturated heterocycles. The highest BCUT2D eigenvalue weighted by atomic mass is 16.4. The lowest BCUT2D eigenvalue weighted by atomic mass is 10.1. The highest BCUT2D eigenvalue weighted by molar-refractivity contribution is 5.89. The lowest BCUT2D eigenvalue weighted by Crippen LogP contribution is -2.20. The molecule has 0 aliphatic rings. The molecule has 0 radical (unpaired) electrons. The van der Waals surface area contributed by atoms with E-state index in [4.69, 9.17) is 5.11 Å². The third-order valence-electron chi connectivity index (χ3n) is 2.50. The van der Waals surface area contributed by atoms with Crippen LogP contribution in [0, 0.1) is 0 Å². The summed E-state index contributed by atoms with van der Waals surface area (Å²) in [6, 6.07) is 0. The number of hydrogen-bond donors (Lipinski definition) is 2. The van der Waals surface area contributed by atoms with Crippen LogP contribution >= 0.6 is 0 Å². The van der Waals surface area contributed by atoms with Gasteiger partial charge < -0.3 is 10.4 Å². The topological polar surface area (TPSA) is 66.4 Å². The van der Waals surface area contributed by atoms with Crippen molar-refractivity contribution in [2.45, 2.75) is 52.4 Å². The van der Waals surface area contributed by atoms with Crippen molar-refractivity contribution in [2.24, 2.45) is 0 Å². The van der Waals surface area contributed by atoms with E-state index in [-0.39, 0.29) is 5.70 Å². The Morgan fingerprint density at radius 1 is 1.25 bits per heavy atom. The van der Waals surface area contributed by atoms with Gasteiger partial charge in [-0.25, -0.2) is 4.79 Å². The molecule has 0 fully saturated rings. The molecule has 4 heteroatoms. The van der Waals surface area contributed by atoms with Gasteiger partial charge in [-0.1, -0.05) is 32.6 Å². The quantitative estimate of drug-likeness (QED) is 0.361. The second kappa shape index (κ2) is 8.95. The number of allylic oxidation sites excluding steroid dienone is 1. The lowest BCUT2D eigenvalue weighted by Gasteiger charge is -2.06. The Labute approximate surface area is 96.7 Å². The molecule has 0 heterocycles. The zero-order chi connectivity index (χ0) is 12.4. The molecule has 0 atom stereocenters. The van der Waals surface area contributed by atoms with Crippen molar-refractivity contribution < 1.29 is 14.7 Å². The minimum atomic E-state index is -1.07. The molecule has 0 aliphatic heterocycles. The van der Waals surface area contributed by atoms with Gasteiger partial charge in [0.15, 0.2) is 0 Å². The molecule has 0 unspecified atom stereocenters. The maximum atomic E-state index is 10.8. The lowest BCUT2D eigenvalue weighted by molar-refractivity contribution is -0.133. The molecule has 16 heavy (non-hydrogen) atoms. The smallest absolute Gasteiger partial charge is 0.352 e. The first-order valence-corrected chi connectivity index (χ1v) is 5.76. The van der Waals surface area contributed by atoms with Gasteiger partial charge in [0.25, 0.3) is 0 Å². The summed E-state index contributed by atoms with van der Waals surface area (Å²) in [5.74, 6) is -1.07. The van der Waals surface area contributed by atoms with E-state index in [9.17, 15) is 9.59 Å². The Morgan fingerprint density at radius 3 is 2.38 bits per heavy atom. The van der Waals surface area contributed by atoms with Crippen LogP contribution in [0.25, 0.3) is 0 Å². The molecular formula is C12H21NO3. The standard InChI is InChI=1S/C12H21NO3/c1-3-4-5-6-7-8-10(2)11(12(15)16)13-9-14/h9H,3-8H2,1-2H3,(H,13,14)(H,15,16)/b11-10-. The van der Waals surface area contributed by atoms with Crippen molar-refractivity contribution in [3.05, 3.63) is 11.3 Å². The molecule has 0 aromatic heterocycles. The number of nitrogens with one attached hydrogen (secondary N) is 1. The van der Waals surface area contributed by atoms with E-state index in [2.05, 4.69) is 12.2 Å². The molecule has 92 valence electrons. The number of carboxylic acid groups (broad SMARTS) is 1. The molecule has 0 rings (SSSR count). The third kappa shape index (κ3) is 6.22. The number of unbranched alkanes of at least 4 members (excludes halogenated alkanes) is 4. The highest BCUT2D eigenvalue weighted by Gasteiger charge is 2.09. The number of carbonyl (C=O) groups excluding carboxylic acids is 1. The fourth-order valence-electron chi connectivity index (χ4n) is 1.55. The van der Waals surface area contributed by atoms with Crippen molar-refractivity contribution in [3.63, 3.8) is 0 Å². The number of aliphatic carboxylic acids is 1. The number of carbonyl (C=O) groups is 2. The maximum Gasteiger partial charge on any atom is 0.352 e. The Bertz CT molecular complexity index is 259. The minimum Gasteiger partial charge on any atom is -0.477 e. The van der Waals surface area contributed by atoms with Crippen LogP contribution in [-0.4, -0.2) is 17.5 Å². The Hall–Kier alpha value is -1.32. The van der Waals surface area contributed by atoms with E-state index in [1.807, 2.05) is 0 Å². The zero-order valence-electron chi connectivity index (χ0n) is 10.1. The Kier molecular flexibility index (Phi) is 8.21. The summed E-state index contributed by atoms with van der Waals surface area (Å²) in [7, 11) is 0. The monoisotopic (exact) mass is 227 g/mol. The van der Waals surface area contributed by atoms with Crippen LogP contribution in [0.1, 0.15) is 52.4 Å².